The Hall–Kier alpha value is -0.120. The molecule has 0 bridgehead atoms. The van der Waals surface area contributed by atoms with Crippen LogP contribution in [0.25, 0.3) is 0 Å². The third-order valence-corrected chi connectivity index (χ3v) is 1.89. The minimum atomic E-state index is 0.737. The van der Waals surface area contributed by atoms with Gasteiger partial charge in [0.25, 0.3) is 0 Å². The molecule has 0 spiro atoms. The van der Waals surface area contributed by atoms with Crippen LogP contribution in [0.4, 0.5) is 0 Å². The molecule has 0 fully saturated rings. The average molecular weight is 203 g/mol. The van der Waals surface area contributed by atoms with E-state index in [2.05, 4.69) is 19.2 Å². The summed E-state index contributed by atoms with van der Waals surface area (Å²) in [6.07, 6.45) is 1.15. The summed E-state index contributed by atoms with van der Waals surface area (Å²) in [5.41, 5.74) is 0. The molecule has 0 rings (SSSR count). The lowest BCUT2D eigenvalue weighted by Crippen LogP contribution is -2.24. The molecule has 86 valence electrons. The largest absolute Gasteiger partial charge is 0.380 e. The maximum Gasteiger partial charge on any atom is 0.0590 e. The van der Waals surface area contributed by atoms with E-state index in [0.29, 0.717) is 0 Å². The van der Waals surface area contributed by atoms with Crippen molar-refractivity contribution in [2.24, 2.45) is 5.92 Å². The molecule has 0 aliphatic carbocycles. The van der Waals surface area contributed by atoms with Crippen LogP contribution in [0.5, 0.6) is 0 Å². The molecule has 0 aromatic rings. The highest BCUT2D eigenvalue weighted by Crippen LogP contribution is 1.97. The van der Waals surface area contributed by atoms with Crippen molar-refractivity contribution in [1.82, 2.24) is 5.32 Å². The first-order valence-electron chi connectivity index (χ1n) is 5.63. The van der Waals surface area contributed by atoms with Crippen LogP contribution in [-0.2, 0) is 9.47 Å². The van der Waals surface area contributed by atoms with E-state index in [1.54, 1.807) is 0 Å². The Morgan fingerprint density at radius 3 is 2.21 bits per heavy atom. The molecule has 0 saturated carbocycles. The van der Waals surface area contributed by atoms with Crippen molar-refractivity contribution in [1.29, 1.82) is 0 Å². The van der Waals surface area contributed by atoms with E-state index < -0.39 is 0 Å². The summed E-state index contributed by atoms with van der Waals surface area (Å²) in [4.78, 5) is 0. The van der Waals surface area contributed by atoms with Crippen molar-refractivity contribution in [3.05, 3.63) is 0 Å². The van der Waals surface area contributed by atoms with E-state index in [1.165, 1.54) is 0 Å². The van der Waals surface area contributed by atoms with Gasteiger partial charge < -0.3 is 14.8 Å². The topological polar surface area (TPSA) is 30.5 Å². The summed E-state index contributed by atoms with van der Waals surface area (Å²) in [6.45, 7) is 11.5. The van der Waals surface area contributed by atoms with Gasteiger partial charge in [0.15, 0.2) is 0 Å². The molecule has 0 amide bonds. The molecule has 0 unspecified atom stereocenters. The average Bonchev–Trinajstić information content (AvgIpc) is 2.15. The van der Waals surface area contributed by atoms with Gasteiger partial charge in [0.2, 0.25) is 0 Å². The third-order valence-electron chi connectivity index (χ3n) is 1.89. The lowest BCUT2D eigenvalue weighted by atomic mass is 10.1. The van der Waals surface area contributed by atoms with Crippen molar-refractivity contribution in [3.63, 3.8) is 0 Å². The summed E-state index contributed by atoms with van der Waals surface area (Å²) >= 11 is 0. The Bertz CT molecular complexity index is 107. The van der Waals surface area contributed by atoms with Gasteiger partial charge in [0, 0.05) is 26.3 Å². The lowest BCUT2D eigenvalue weighted by molar-refractivity contribution is 0.118. The Labute approximate surface area is 88.2 Å². The van der Waals surface area contributed by atoms with Crippen molar-refractivity contribution in [2.75, 3.05) is 39.5 Å². The first-order valence-corrected chi connectivity index (χ1v) is 5.63. The Morgan fingerprint density at radius 2 is 1.64 bits per heavy atom. The van der Waals surface area contributed by atoms with Crippen molar-refractivity contribution < 1.29 is 9.47 Å². The normalized spacial score (nSPS) is 11.1. The SMILES string of the molecule is CCOCCNCCOCCC(C)C. The molecule has 0 saturated heterocycles. The highest BCUT2D eigenvalue weighted by molar-refractivity contribution is 4.46. The van der Waals surface area contributed by atoms with Gasteiger partial charge in [-0.1, -0.05) is 13.8 Å². The molecule has 0 atom stereocenters. The molecule has 0 aliphatic heterocycles. The second-order valence-electron chi connectivity index (χ2n) is 3.74. The molecule has 0 heterocycles. The molecule has 0 aliphatic rings. The van der Waals surface area contributed by atoms with Gasteiger partial charge in [0.1, 0.15) is 0 Å². The molecule has 14 heavy (non-hydrogen) atoms. The highest BCUT2D eigenvalue weighted by atomic mass is 16.5. The van der Waals surface area contributed by atoms with Crippen LogP contribution in [0.3, 0.4) is 0 Å². The molecular weight excluding hydrogens is 178 g/mol. The molecule has 0 aromatic carbocycles. The zero-order chi connectivity index (χ0) is 10.6. The van der Waals surface area contributed by atoms with Gasteiger partial charge in [-0.3, -0.25) is 0 Å². The number of hydrogen-bond acceptors (Lipinski definition) is 3. The quantitative estimate of drug-likeness (QED) is 0.548. The summed E-state index contributed by atoms with van der Waals surface area (Å²) in [6, 6.07) is 0. The molecule has 3 heteroatoms. The molecule has 1 N–H and O–H groups in total. The van der Waals surface area contributed by atoms with E-state index in [0.717, 1.165) is 51.9 Å². The standard InChI is InChI=1S/C11H25NO2/c1-4-13-9-6-12-7-10-14-8-5-11(2)3/h11-12H,4-10H2,1-3H3. The predicted molar refractivity (Wildman–Crippen MR) is 59.6 cm³/mol. The number of hydrogen-bond donors (Lipinski definition) is 1. The monoisotopic (exact) mass is 203 g/mol. The van der Waals surface area contributed by atoms with Crippen LogP contribution in [-0.4, -0.2) is 39.5 Å². The fourth-order valence-corrected chi connectivity index (χ4v) is 0.979. The van der Waals surface area contributed by atoms with E-state index in [1.807, 2.05) is 6.92 Å². The summed E-state index contributed by atoms with van der Waals surface area (Å²) < 4.78 is 10.6. The van der Waals surface area contributed by atoms with Gasteiger partial charge in [-0.25, -0.2) is 0 Å². The molecular formula is C11H25NO2. The molecule has 0 radical (unpaired) electrons. The van der Waals surface area contributed by atoms with Crippen molar-refractivity contribution in [2.45, 2.75) is 27.2 Å². The molecule has 0 aromatic heterocycles. The first kappa shape index (κ1) is 13.9. The van der Waals surface area contributed by atoms with Gasteiger partial charge in [-0.05, 0) is 19.3 Å². The Morgan fingerprint density at radius 1 is 1.00 bits per heavy atom. The second-order valence-corrected chi connectivity index (χ2v) is 3.74. The van der Waals surface area contributed by atoms with E-state index >= 15 is 0 Å². The predicted octanol–water partition coefficient (Wildman–Crippen LogP) is 1.68. The fourth-order valence-electron chi connectivity index (χ4n) is 0.979. The molecule has 3 nitrogen and oxygen atoms in total. The van der Waals surface area contributed by atoms with Crippen LogP contribution >= 0.6 is 0 Å². The van der Waals surface area contributed by atoms with E-state index in [4.69, 9.17) is 9.47 Å². The van der Waals surface area contributed by atoms with E-state index in [9.17, 15) is 0 Å². The third kappa shape index (κ3) is 11.9. The summed E-state index contributed by atoms with van der Waals surface area (Å²) in [7, 11) is 0. The van der Waals surface area contributed by atoms with Crippen molar-refractivity contribution in [3.8, 4) is 0 Å². The number of rotatable bonds is 10. The number of ether oxygens (including phenoxy) is 2. The van der Waals surface area contributed by atoms with Crippen LogP contribution in [0.2, 0.25) is 0 Å². The van der Waals surface area contributed by atoms with Gasteiger partial charge in [-0.15, -0.1) is 0 Å². The zero-order valence-corrected chi connectivity index (χ0v) is 9.84. The summed E-state index contributed by atoms with van der Waals surface area (Å²) in [5.74, 6) is 0.737. The minimum Gasteiger partial charge on any atom is -0.380 e. The van der Waals surface area contributed by atoms with Crippen molar-refractivity contribution >= 4 is 0 Å². The smallest absolute Gasteiger partial charge is 0.0590 e. The zero-order valence-electron chi connectivity index (χ0n) is 9.84. The van der Waals surface area contributed by atoms with Gasteiger partial charge in [0.05, 0.1) is 13.2 Å². The second kappa shape index (κ2) is 11.0. The minimum absolute atomic E-state index is 0.737. The van der Waals surface area contributed by atoms with Crippen LogP contribution in [0, 0.1) is 5.92 Å². The van der Waals surface area contributed by atoms with Gasteiger partial charge >= 0.3 is 0 Å². The lowest BCUT2D eigenvalue weighted by Gasteiger charge is -2.07. The maximum absolute atomic E-state index is 5.45. The van der Waals surface area contributed by atoms with Gasteiger partial charge in [-0.2, -0.15) is 0 Å². The first-order chi connectivity index (χ1) is 6.77. The van der Waals surface area contributed by atoms with Crippen LogP contribution in [0.1, 0.15) is 27.2 Å². The Kier molecular flexibility index (Phi) is 10.9. The maximum atomic E-state index is 5.45. The fraction of sp³-hybridized carbons (Fsp3) is 1.00. The van der Waals surface area contributed by atoms with E-state index in [-0.39, 0.29) is 0 Å². The van der Waals surface area contributed by atoms with Crippen LogP contribution in [0.15, 0.2) is 0 Å². The Balaban J connectivity index is 2.85. The highest BCUT2D eigenvalue weighted by Gasteiger charge is 1.93. The number of nitrogens with one attached hydrogen (secondary N) is 1. The van der Waals surface area contributed by atoms with Crippen LogP contribution < -0.4 is 5.32 Å². The summed E-state index contributed by atoms with van der Waals surface area (Å²) in [5, 5.41) is 3.26.